The van der Waals surface area contributed by atoms with Crippen LogP contribution in [0.2, 0.25) is 0 Å². The van der Waals surface area contributed by atoms with Gasteiger partial charge in [0.15, 0.2) is 5.69 Å². The number of pyridine rings is 1. The number of alkyl halides is 4. The molecule has 3 heterocycles. The van der Waals surface area contributed by atoms with Crippen molar-refractivity contribution in [2.75, 3.05) is 12.4 Å². The zero-order chi connectivity index (χ0) is 28.7. The number of amides is 2. The molecule has 11 nitrogen and oxygen atoms in total. The molecule has 0 saturated carbocycles. The van der Waals surface area contributed by atoms with E-state index in [2.05, 4.69) is 40.9 Å². The summed E-state index contributed by atoms with van der Waals surface area (Å²) in [7, 11) is 1.46. The normalized spacial score (nSPS) is 12.1. The second-order valence-electron chi connectivity index (χ2n) is 8.42. The molecular formula is C24H22F4N8O3S. The van der Waals surface area contributed by atoms with Gasteiger partial charge in [0.25, 0.3) is 5.91 Å². The van der Waals surface area contributed by atoms with Crippen LogP contribution < -0.4 is 15.4 Å². The molecule has 0 radical (unpaired) electrons. The maximum atomic E-state index is 14.4. The molecule has 1 atom stereocenters. The SMILES string of the molecule is CNC(=O)c1cn(CC(F)CCc2nnc(NC(=O)Cc3cncc(-c4cccc(OC(F)(F)F)c4)c3)s2)nn1. The van der Waals surface area contributed by atoms with Crippen molar-refractivity contribution >= 4 is 28.3 Å². The third kappa shape index (κ3) is 8.26. The van der Waals surface area contributed by atoms with Gasteiger partial charge in [-0.05, 0) is 35.7 Å². The lowest BCUT2D eigenvalue weighted by Gasteiger charge is -2.10. The molecule has 0 aliphatic heterocycles. The van der Waals surface area contributed by atoms with Gasteiger partial charge in [-0.3, -0.25) is 14.6 Å². The molecule has 0 saturated heterocycles. The van der Waals surface area contributed by atoms with Crippen molar-refractivity contribution in [3.63, 3.8) is 0 Å². The average Bonchev–Trinajstić information content (AvgIpc) is 3.56. The maximum absolute atomic E-state index is 14.4. The highest BCUT2D eigenvalue weighted by molar-refractivity contribution is 7.15. The molecule has 0 spiro atoms. The van der Waals surface area contributed by atoms with Crippen LogP contribution in [-0.2, 0) is 24.2 Å². The van der Waals surface area contributed by atoms with Crippen LogP contribution in [0.5, 0.6) is 5.75 Å². The van der Waals surface area contributed by atoms with Crippen LogP contribution in [0.1, 0.15) is 27.5 Å². The first-order chi connectivity index (χ1) is 19.1. The second-order valence-corrected chi connectivity index (χ2v) is 9.49. The fraction of sp³-hybridized carbons (Fsp3) is 0.292. The third-order valence-electron chi connectivity index (χ3n) is 5.33. The Morgan fingerprint density at radius 2 is 1.95 bits per heavy atom. The van der Waals surface area contributed by atoms with E-state index in [1.165, 1.54) is 48.5 Å². The second kappa shape index (κ2) is 12.6. The van der Waals surface area contributed by atoms with Crippen molar-refractivity contribution < 1.29 is 31.9 Å². The highest BCUT2D eigenvalue weighted by atomic mass is 32.1. The van der Waals surface area contributed by atoms with E-state index in [0.717, 1.165) is 11.3 Å². The minimum Gasteiger partial charge on any atom is -0.406 e. The summed E-state index contributed by atoms with van der Waals surface area (Å²) in [6.45, 7) is -0.0842. The zero-order valence-electron chi connectivity index (χ0n) is 20.9. The lowest BCUT2D eigenvalue weighted by atomic mass is 10.0. The van der Waals surface area contributed by atoms with Crippen LogP contribution in [0.3, 0.4) is 0 Å². The molecule has 0 bridgehead atoms. The van der Waals surface area contributed by atoms with E-state index in [9.17, 15) is 27.2 Å². The van der Waals surface area contributed by atoms with E-state index in [4.69, 9.17) is 0 Å². The Hall–Kier alpha value is -4.47. The number of hydrogen-bond acceptors (Lipinski definition) is 9. The molecule has 0 aliphatic rings. The number of halogens is 4. The quantitative estimate of drug-likeness (QED) is 0.258. The summed E-state index contributed by atoms with van der Waals surface area (Å²) in [5, 5.41) is 21.1. The van der Waals surface area contributed by atoms with Crippen LogP contribution in [0, 0.1) is 0 Å². The summed E-state index contributed by atoms with van der Waals surface area (Å²) >= 11 is 1.11. The van der Waals surface area contributed by atoms with Crippen molar-refractivity contribution in [3.8, 4) is 16.9 Å². The van der Waals surface area contributed by atoms with Crippen LogP contribution >= 0.6 is 11.3 Å². The molecule has 2 amide bonds. The van der Waals surface area contributed by atoms with Crippen LogP contribution in [-0.4, -0.2) is 61.6 Å². The first-order valence-corrected chi connectivity index (χ1v) is 12.6. The Labute approximate surface area is 228 Å². The van der Waals surface area contributed by atoms with Gasteiger partial charge in [-0.2, -0.15) is 0 Å². The number of nitrogens with zero attached hydrogens (tertiary/aromatic N) is 6. The molecule has 1 aromatic carbocycles. The third-order valence-corrected chi connectivity index (χ3v) is 6.23. The number of benzene rings is 1. The van der Waals surface area contributed by atoms with E-state index in [0.29, 0.717) is 21.7 Å². The largest absolute Gasteiger partial charge is 0.573 e. The van der Waals surface area contributed by atoms with E-state index in [-0.39, 0.29) is 42.4 Å². The number of carbonyl (C=O) groups excluding carboxylic acids is 2. The van der Waals surface area contributed by atoms with Gasteiger partial charge in [0, 0.05) is 31.4 Å². The fourth-order valence-electron chi connectivity index (χ4n) is 3.56. The van der Waals surface area contributed by atoms with Crippen LogP contribution in [0.4, 0.5) is 22.7 Å². The molecular weight excluding hydrogens is 556 g/mol. The molecule has 1 unspecified atom stereocenters. The molecule has 0 fully saturated rings. The highest BCUT2D eigenvalue weighted by Crippen LogP contribution is 2.28. The Kier molecular flexibility index (Phi) is 8.98. The number of anilines is 1. The monoisotopic (exact) mass is 578 g/mol. The summed E-state index contributed by atoms with van der Waals surface area (Å²) in [6, 6.07) is 7.08. The predicted molar refractivity (Wildman–Crippen MR) is 135 cm³/mol. The summed E-state index contributed by atoms with van der Waals surface area (Å²) < 4.78 is 57.2. The van der Waals surface area contributed by atoms with E-state index in [1.807, 2.05) is 0 Å². The molecule has 210 valence electrons. The molecule has 2 N–H and O–H groups in total. The molecule has 16 heteroatoms. The van der Waals surface area contributed by atoms with Crippen molar-refractivity contribution in [2.24, 2.45) is 0 Å². The smallest absolute Gasteiger partial charge is 0.406 e. The van der Waals surface area contributed by atoms with Crippen molar-refractivity contribution in [1.29, 1.82) is 0 Å². The molecule has 4 aromatic rings. The topological polar surface area (TPSA) is 137 Å². The van der Waals surface area contributed by atoms with E-state index >= 15 is 0 Å². The van der Waals surface area contributed by atoms with Gasteiger partial charge in [0.1, 0.15) is 16.9 Å². The van der Waals surface area contributed by atoms with Gasteiger partial charge >= 0.3 is 6.36 Å². The van der Waals surface area contributed by atoms with Crippen molar-refractivity contribution in [3.05, 3.63) is 65.2 Å². The Morgan fingerprint density at radius 3 is 2.73 bits per heavy atom. The predicted octanol–water partition coefficient (Wildman–Crippen LogP) is 3.60. The van der Waals surface area contributed by atoms with Gasteiger partial charge in [0.2, 0.25) is 11.0 Å². The number of rotatable bonds is 11. The molecule has 0 aliphatic carbocycles. The Balaban J connectivity index is 1.28. The van der Waals surface area contributed by atoms with Crippen LogP contribution in [0.15, 0.2) is 48.9 Å². The van der Waals surface area contributed by atoms with Gasteiger partial charge in [-0.1, -0.05) is 28.7 Å². The minimum absolute atomic E-state index is 0.0724. The summed E-state index contributed by atoms with van der Waals surface area (Å²) in [5.74, 6) is -1.19. The van der Waals surface area contributed by atoms with Crippen LogP contribution in [0.25, 0.3) is 11.1 Å². The zero-order valence-corrected chi connectivity index (χ0v) is 21.7. The number of nitrogens with one attached hydrogen (secondary N) is 2. The fourth-order valence-corrected chi connectivity index (χ4v) is 4.33. The summed E-state index contributed by atoms with van der Waals surface area (Å²) in [5.41, 5.74) is 1.56. The Morgan fingerprint density at radius 1 is 1.12 bits per heavy atom. The standard InChI is InChI=1S/C24H22F4N8O3S/c1-29-22(38)19-13-36(35-32-19)12-17(25)5-6-21-33-34-23(40-21)31-20(37)8-14-7-16(11-30-10-14)15-3-2-4-18(9-15)39-24(26,27)28/h2-4,7,9-11,13,17H,5-6,8,12H2,1H3,(H,29,38)(H,31,34,37). The first-order valence-electron chi connectivity index (χ1n) is 11.8. The molecule has 3 aromatic heterocycles. The van der Waals surface area contributed by atoms with Gasteiger partial charge in [-0.15, -0.1) is 28.5 Å². The summed E-state index contributed by atoms with van der Waals surface area (Å²) in [6.07, 6.45) is -1.48. The van der Waals surface area contributed by atoms with E-state index in [1.54, 1.807) is 12.1 Å². The van der Waals surface area contributed by atoms with Gasteiger partial charge in [-0.25, -0.2) is 9.07 Å². The number of carbonyl (C=O) groups is 2. The van der Waals surface area contributed by atoms with Gasteiger partial charge in [0.05, 0.1) is 19.2 Å². The number of aromatic nitrogens is 6. The van der Waals surface area contributed by atoms with Crippen molar-refractivity contribution in [1.82, 2.24) is 35.5 Å². The molecule has 4 rings (SSSR count). The number of aryl methyl sites for hydroxylation is 1. The Bertz CT molecular complexity index is 1480. The summed E-state index contributed by atoms with van der Waals surface area (Å²) in [4.78, 5) is 28.1. The molecule has 40 heavy (non-hydrogen) atoms. The minimum atomic E-state index is -4.81. The lowest BCUT2D eigenvalue weighted by Crippen LogP contribution is -2.18. The number of ether oxygens (including phenoxy) is 1. The maximum Gasteiger partial charge on any atom is 0.573 e. The average molecular weight is 579 g/mol. The lowest BCUT2D eigenvalue weighted by molar-refractivity contribution is -0.274. The van der Waals surface area contributed by atoms with Gasteiger partial charge < -0.3 is 15.4 Å². The van der Waals surface area contributed by atoms with E-state index < -0.39 is 24.3 Å². The number of hydrogen-bond donors (Lipinski definition) is 2. The highest BCUT2D eigenvalue weighted by Gasteiger charge is 2.31. The van der Waals surface area contributed by atoms with Crippen molar-refractivity contribution in [2.45, 2.75) is 38.3 Å². The first kappa shape index (κ1) is 28.5.